The zero-order valence-electron chi connectivity index (χ0n) is 30.5. The Labute approximate surface area is 315 Å². The highest BCUT2D eigenvalue weighted by molar-refractivity contribution is 9.09. The smallest absolute Gasteiger partial charge is 0.313 e. The molecule has 3 fully saturated rings. The highest BCUT2D eigenvalue weighted by atomic mass is 79.9. The number of benzene rings is 2. The van der Waals surface area contributed by atoms with Gasteiger partial charge in [0, 0.05) is 36.6 Å². The van der Waals surface area contributed by atoms with E-state index in [4.69, 9.17) is 9.47 Å². The summed E-state index contributed by atoms with van der Waals surface area (Å²) in [6.07, 6.45) is 5.77. The van der Waals surface area contributed by atoms with Crippen LogP contribution in [-0.4, -0.2) is 82.0 Å². The van der Waals surface area contributed by atoms with Crippen LogP contribution in [0.3, 0.4) is 0 Å². The first-order valence-corrected chi connectivity index (χ1v) is 19.3. The van der Waals surface area contributed by atoms with E-state index in [9.17, 15) is 19.5 Å². The van der Waals surface area contributed by atoms with Crippen molar-refractivity contribution in [2.75, 3.05) is 24.6 Å². The number of halogens is 1. The first-order valence-electron chi connectivity index (χ1n) is 18.4. The third-order valence-corrected chi connectivity index (χ3v) is 11.5. The van der Waals surface area contributed by atoms with Crippen LogP contribution in [0.4, 0.5) is 5.69 Å². The second-order valence-electron chi connectivity index (χ2n) is 14.3. The van der Waals surface area contributed by atoms with E-state index in [2.05, 4.69) is 34.4 Å². The number of aryl methyl sites for hydroxylation is 2. The van der Waals surface area contributed by atoms with Crippen LogP contribution in [0.15, 0.2) is 73.8 Å². The Morgan fingerprint density at radius 2 is 1.85 bits per heavy atom. The van der Waals surface area contributed by atoms with E-state index < -0.39 is 47.7 Å². The maximum Gasteiger partial charge on any atom is 0.313 e. The summed E-state index contributed by atoms with van der Waals surface area (Å²) in [6, 6.07) is 13.6. The quantitative estimate of drug-likeness (QED) is 0.0839. The number of aliphatic hydroxyl groups is 1. The number of rotatable bonds is 18. The second-order valence-corrected chi connectivity index (χ2v) is 15.5. The normalized spacial score (nSPS) is 25.7. The van der Waals surface area contributed by atoms with Crippen molar-refractivity contribution in [1.29, 1.82) is 0 Å². The van der Waals surface area contributed by atoms with E-state index in [1.165, 1.54) is 0 Å². The van der Waals surface area contributed by atoms with E-state index in [1.54, 1.807) is 28.9 Å². The van der Waals surface area contributed by atoms with Crippen molar-refractivity contribution in [3.63, 3.8) is 0 Å². The number of amides is 3. The fourth-order valence-electron chi connectivity index (χ4n) is 8.20. The molecule has 280 valence electrons. The molecule has 52 heavy (non-hydrogen) atoms. The van der Waals surface area contributed by atoms with Gasteiger partial charge < -0.3 is 29.7 Å². The largest absolute Gasteiger partial charge is 0.455 e. The third kappa shape index (κ3) is 7.92. The number of nitrogens with zero attached hydrogens (tertiary/aromatic N) is 2. The molecule has 10 nitrogen and oxygen atoms in total. The molecule has 8 atom stereocenters. The highest BCUT2D eigenvalue weighted by Gasteiger charge is 2.77. The number of unbranched alkanes of at least 4 members (excludes halogenated alkanes) is 3. The van der Waals surface area contributed by atoms with Gasteiger partial charge in [0.05, 0.1) is 24.0 Å². The molecule has 3 saturated heterocycles. The van der Waals surface area contributed by atoms with Gasteiger partial charge in [-0.1, -0.05) is 83.4 Å². The highest BCUT2D eigenvalue weighted by Crippen LogP contribution is 2.60. The number of ether oxygens (including phenoxy) is 2. The molecular formula is C41H52BrN3O7. The third-order valence-electron chi connectivity index (χ3n) is 10.6. The molecule has 1 unspecified atom stereocenters. The van der Waals surface area contributed by atoms with Crippen molar-refractivity contribution in [1.82, 2.24) is 10.2 Å². The monoisotopic (exact) mass is 777 g/mol. The van der Waals surface area contributed by atoms with E-state index in [0.717, 1.165) is 29.7 Å². The van der Waals surface area contributed by atoms with Crippen LogP contribution in [0.1, 0.15) is 74.7 Å². The Balaban J connectivity index is 1.51. The number of nitrogens with one attached hydrogen (secondary N) is 1. The van der Waals surface area contributed by atoms with Gasteiger partial charge in [0.25, 0.3) is 5.91 Å². The number of aliphatic hydroxyl groups excluding tert-OH is 1. The van der Waals surface area contributed by atoms with Gasteiger partial charge in [-0.2, -0.15) is 0 Å². The van der Waals surface area contributed by atoms with Crippen LogP contribution in [0.25, 0.3) is 0 Å². The summed E-state index contributed by atoms with van der Waals surface area (Å²) in [5, 5.41) is 12.3. The molecule has 0 aliphatic carbocycles. The molecule has 3 amide bonds. The molecule has 2 aromatic carbocycles. The molecule has 3 aliphatic rings. The number of hydrogen-bond donors (Lipinski definition) is 2. The lowest BCUT2D eigenvalue weighted by atomic mass is 9.70. The average Bonchev–Trinajstić information content (AvgIpc) is 3.72. The summed E-state index contributed by atoms with van der Waals surface area (Å²) in [5.41, 5.74) is 2.05. The fourth-order valence-corrected chi connectivity index (χ4v) is 9.14. The molecule has 1 spiro atoms. The van der Waals surface area contributed by atoms with Gasteiger partial charge in [-0.05, 0) is 69.2 Å². The summed E-state index contributed by atoms with van der Waals surface area (Å²) in [4.78, 5) is 60.0. The first-order chi connectivity index (χ1) is 25.0. The van der Waals surface area contributed by atoms with Crippen molar-refractivity contribution < 1.29 is 33.8 Å². The Kier molecular flexibility index (Phi) is 13.1. The van der Waals surface area contributed by atoms with Crippen LogP contribution >= 0.6 is 15.9 Å². The first kappa shape index (κ1) is 39.4. The van der Waals surface area contributed by atoms with Crippen LogP contribution in [-0.2, 0) is 28.7 Å². The van der Waals surface area contributed by atoms with Gasteiger partial charge >= 0.3 is 5.97 Å². The molecule has 3 heterocycles. The minimum absolute atomic E-state index is 0.0913. The maximum absolute atomic E-state index is 15.0. The lowest BCUT2D eigenvalue weighted by Crippen LogP contribution is -2.57. The Morgan fingerprint density at radius 3 is 2.54 bits per heavy atom. The Morgan fingerprint density at radius 1 is 1.12 bits per heavy atom. The summed E-state index contributed by atoms with van der Waals surface area (Å²) < 4.78 is 13.1. The van der Waals surface area contributed by atoms with E-state index in [1.807, 2.05) is 62.4 Å². The Hall–Kier alpha value is -3.80. The molecule has 0 radical (unpaired) electrons. The van der Waals surface area contributed by atoms with Gasteiger partial charge in [0.2, 0.25) is 11.8 Å². The number of anilines is 1. The number of carbonyl (C=O) groups is 4. The number of esters is 1. The maximum atomic E-state index is 15.0. The zero-order chi connectivity index (χ0) is 37.6. The second kappa shape index (κ2) is 17.4. The number of alkyl halides is 1. The van der Waals surface area contributed by atoms with Crippen LogP contribution in [0.2, 0.25) is 0 Å². The van der Waals surface area contributed by atoms with E-state index in [-0.39, 0.29) is 42.1 Å². The van der Waals surface area contributed by atoms with Gasteiger partial charge in [-0.15, -0.1) is 13.2 Å². The fraction of sp³-hybridized carbons (Fsp3) is 0.512. The molecule has 11 heteroatoms. The molecule has 2 N–H and O–H groups in total. The van der Waals surface area contributed by atoms with Crippen molar-refractivity contribution in [3.8, 4) is 0 Å². The predicted molar refractivity (Wildman–Crippen MR) is 204 cm³/mol. The summed E-state index contributed by atoms with van der Waals surface area (Å²) in [7, 11) is 0. The average molecular weight is 779 g/mol. The van der Waals surface area contributed by atoms with Crippen LogP contribution in [0.5, 0.6) is 0 Å². The van der Waals surface area contributed by atoms with Crippen LogP contribution in [0, 0.1) is 25.7 Å². The summed E-state index contributed by atoms with van der Waals surface area (Å²) in [6.45, 7) is 13.9. The molecule has 2 aromatic rings. The predicted octanol–water partition coefficient (Wildman–Crippen LogP) is 5.88. The number of likely N-dealkylation sites (tertiary alicyclic amines) is 1. The zero-order valence-corrected chi connectivity index (χ0v) is 32.1. The molecule has 3 aliphatic heterocycles. The van der Waals surface area contributed by atoms with Crippen molar-refractivity contribution in [2.45, 2.75) is 100 Å². The minimum atomic E-state index is -1.27. The number of hydrogen-bond acceptors (Lipinski definition) is 7. The Bertz CT molecular complexity index is 1640. The van der Waals surface area contributed by atoms with Gasteiger partial charge in [0.15, 0.2) is 0 Å². The molecular weight excluding hydrogens is 726 g/mol. The topological polar surface area (TPSA) is 125 Å². The number of carbonyl (C=O) groups excluding carboxylic acids is 4. The van der Waals surface area contributed by atoms with Crippen molar-refractivity contribution in [3.05, 3.63) is 90.5 Å². The van der Waals surface area contributed by atoms with Crippen molar-refractivity contribution >= 4 is 45.3 Å². The minimum Gasteiger partial charge on any atom is -0.455 e. The number of fused-ring (bicyclic) bond motifs is 1. The van der Waals surface area contributed by atoms with Crippen molar-refractivity contribution in [2.24, 2.45) is 11.8 Å². The molecule has 2 bridgehead atoms. The standard InChI is InChI=1S/C41H52BrN3O7/c1-6-8-18-32(47)43-28(5)35(29-16-12-11-13-17-29)51-40(50)33-34-38(48)45(22-14-9-10-15-23-46)37(41(34)25-30(42)36(33)52-41)39(49)44(21-7-2)31-24-26(3)19-20-27(31)4/h6-7,11-13,16-17,19-20,24,28,30,33-37,46H,1-2,8-10,14-15,18,21-23,25H2,3-5H3,(H,43,47)/t28-,30?,33-,34+,35-,36-,37-,41+/m0/s1. The van der Waals surface area contributed by atoms with E-state index >= 15 is 4.79 Å². The van der Waals surface area contributed by atoms with Gasteiger partial charge in [-0.3, -0.25) is 19.2 Å². The lowest BCUT2D eigenvalue weighted by molar-refractivity contribution is -0.162. The van der Waals surface area contributed by atoms with Gasteiger partial charge in [-0.25, -0.2) is 0 Å². The van der Waals surface area contributed by atoms with E-state index in [0.29, 0.717) is 37.8 Å². The molecule has 0 aromatic heterocycles. The number of allylic oxidation sites excluding steroid dienone is 1. The molecule has 0 saturated carbocycles. The van der Waals surface area contributed by atoms with Gasteiger partial charge in [0.1, 0.15) is 17.7 Å². The lowest BCUT2D eigenvalue weighted by Gasteiger charge is -2.37. The summed E-state index contributed by atoms with van der Waals surface area (Å²) in [5.74, 6) is -3.31. The summed E-state index contributed by atoms with van der Waals surface area (Å²) >= 11 is 3.77. The molecule has 5 rings (SSSR count). The van der Waals surface area contributed by atoms with Crippen LogP contribution < -0.4 is 10.2 Å². The SMILES string of the molecule is C=CCCC(=O)N[C@@H](C)[C@H](OC(=O)[C@@H]1[C@H]2O[C@@]3(CC2Br)[C@H](C(=O)N(CC=C)c2cc(C)ccc2C)N(CCCCCCO)C(=O)[C@@H]13)c1ccccc1.